The Morgan fingerprint density at radius 1 is 1.05 bits per heavy atom. The van der Waals surface area contributed by atoms with Crippen molar-refractivity contribution in [1.82, 2.24) is 0 Å². The molecule has 3 aromatic rings. The van der Waals surface area contributed by atoms with Crippen LogP contribution < -0.4 is 4.74 Å². The first-order valence-corrected chi connectivity index (χ1v) is 6.98. The van der Waals surface area contributed by atoms with E-state index in [1.807, 2.05) is 36.4 Å². The Morgan fingerprint density at radius 2 is 1.82 bits per heavy atom. The molecule has 0 spiro atoms. The van der Waals surface area contributed by atoms with Gasteiger partial charge in [0.15, 0.2) is 17.3 Å². The maximum absolute atomic E-state index is 14.0. The van der Waals surface area contributed by atoms with Crippen LogP contribution in [0, 0.1) is 5.82 Å². The number of rotatable bonds is 3. The van der Waals surface area contributed by atoms with Crippen molar-refractivity contribution < 1.29 is 13.9 Å². The number of halogens is 1. The molecule has 3 heteroatoms. The van der Waals surface area contributed by atoms with Crippen molar-refractivity contribution in [2.24, 2.45) is 0 Å². The van der Waals surface area contributed by atoms with E-state index in [0.29, 0.717) is 5.56 Å². The fourth-order valence-corrected chi connectivity index (χ4v) is 2.59. The third-order valence-corrected chi connectivity index (χ3v) is 3.73. The first-order valence-electron chi connectivity index (χ1n) is 6.98. The Balaban J connectivity index is 2.29. The van der Waals surface area contributed by atoms with Crippen LogP contribution in [0.5, 0.6) is 5.75 Å². The number of ketones is 1. The van der Waals surface area contributed by atoms with Crippen molar-refractivity contribution in [1.29, 1.82) is 0 Å². The van der Waals surface area contributed by atoms with E-state index in [9.17, 15) is 9.18 Å². The maximum atomic E-state index is 14.0. The molecular weight excluding hydrogens is 279 g/mol. The lowest BCUT2D eigenvalue weighted by molar-refractivity contribution is 0.101. The van der Waals surface area contributed by atoms with Gasteiger partial charge in [0.1, 0.15) is 0 Å². The van der Waals surface area contributed by atoms with Gasteiger partial charge in [-0.05, 0) is 53.1 Å². The van der Waals surface area contributed by atoms with Gasteiger partial charge in [-0.2, -0.15) is 0 Å². The van der Waals surface area contributed by atoms with Crippen LogP contribution in [0.1, 0.15) is 17.3 Å². The lowest BCUT2D eigenvalue weighted by Gasteiger charge is -2.11. The number of Topliss-reactive ketones (excluding diaryl/α,β-unsaturated/α-hetero) is 1. The molecule has 3 rings (SSSR count). The minimum atomic E-state index is -0.419. The molecule has 22 heavy (non-hydrogen) atoms. The van der Waals surface area contributed by atoms with Gasteiger partial charge >= 0.3 is 0 Å². The average molecular weight is 294 g/mol. The summed E-state index contributed by atoms with van der Waals surface area (Å²) < 4.78 is 19.0. The quantitative estimate of drug-likeness (QED) is 0.645. The van der Waals surface area contributed by atoms with Crippen LogP contribution >= 0.6 is 0 Å². The number of fused-ring (bicyclic) bond motifs is 1. The number of hydrogen-bond acceptors (Lipinski definition) is 2. The number of benzene rings is 3. The van der Waals surface area contributed by atoms with E-state index in [1.165, 1.54) is 20.1 Å². The molecule has 0 fully saturated rings. The fourth-order valence-electron chi connectivity index (χ4n) is 2.59. The van der Waals surface area contributed by atoms with Crippen LogP contribution in [0.4, 0.5) is 4.39 Å². The average Bonchev–Trinajstić information content (AvgIpc) is 2.53. The van der Waals surface area contributed by atoms with E-state index in [4.69, 9.17) is 4.74 Å². The first-order chi connectivity index (χ1) is 10.6. The predicted octanol–water partition coefficient (Wildman–Crippen LogP) is 4.86. The van der Waals surface area contributed by atoms with E-state index < -0.39 is 5.82 Å². The first kappa shape index (κ1) is 14.3. The molecule has 0 amide bonds. The van der Waals surface area contributed by atoms with E-state index in [2.05, 4.69) is 0 Å². The van der Waals surface area contributed by atoms with Crippen LogP contribution in [0.3, 0.4) is 0 Å². The molecule has 0 radical (unpaired) electrons. The second-order valence-electron chi connectivity index (χ2n) is 5.15. The Hall–Kier alpha value is -2.68. The topological polar surface area (TPSA) is 26.3 Å². The van der Waals surface area contributed by atoms with Crippen LogP contribution in [0.25, 0.3) is 21.9 Å². The highest BCUT2D eigenvalue weighted by Gasteiger charge is 2.11. The number of methoxy groups -OCH3 is 1. The summed E-state index contributed by atoms with van der Waals surface area (Å²) in [5, 5.41) is 1.94. The molecule has 0 saturated carbocycles. The second-order valence-corrected chi connectivity index (χ2v) is 5.15. The standard InChI is InChI=1S/C19H15FO2/c1-12(21)15-9-13-5-3-4-6-16(13)17(10-15)14-7-8-19(22-2)18(20)11-14/h3-11H,1-2H3. The summed E-state index contributed by atoms with van der Waals surface area (Å²) in [5.41, 5.74) is 2.17. The lowest BCUT2D eigenvalue weighted by Crippen LogP contribution is -1.94. The number of hydrogen-bond donors (Lipinski definition) is 0. The molecule has 2 nitrogen and oxygen atoms in total. The molecule has 0 unspecified atom stereocenters. The van der Waals surface area contributed by atoms with Crippen LogP contribution in [-0.4, -0.2) is 12.9 Å². The van der Waals surface area contributed by atoms with Gasteiger partial charge in [-0.1, -0.05) is 30.3 Å². The molecule has 0 aliphatic heterocycles. The van der Waals surface area contributed by atoms with Crippen molar-refractivity contribution in [3.05, 3.63) is 66.0 Å². The molecule has 0 aliphatic carbocycles. The van der Waals surface area contributed by atoms with E-state index in [1.54, 1.807) is 12.1 Å². The molecule has 3 aromatic carbocycles. The van der Waals surface area contributed by atoms with Gasteiger partial charge in [0.2, 0.25) is 0 Å². The number of carbonyl (C=O) groups is 1. The zero-order chi connectivity index (χ0) is 15.7. The summed E-state index contributed by atoms with van der Waals surface area (Å²) in [5.74, 6) is -0.228. The van der Waals surface area contributed by atoms with Crippen LogP contribution in [0.15, 0.2) is 54.6 Å². The van der Waals surface area contributed by atoms with E-state index >= 15 is 0 Å². The van der Waals surface area contributed by atoms with Crippen LogP contribution in [0.2, 0.25) is 0 Å². The summed E-state index contributed by atoms with van der Waals surface area (Å²) in [6.07, 6.45) is 0. The molecular formula is C19H15FO2. The summed E-state index contributed by atoms with van der Waals surface area (Å²) in [6, 6.07) is 16.3. The second kappa shape index (κ2) is 5.60. The van der Waals surface area contributed by atoms with Crippen molar-refractivity contribution in [3.63, 3.8) is 0 Å². The highest BCUT2D eigenvalue weighted by Crippen LogP contribution is 2.32. The number of carbonyl (C=O) groups excluding carboxylic acids is 1. The highest BCUT2D eigenvalue weighted by atomic mass is 19.1. The van der Waals surface area contributed by atoms with Crippen molar-refractivity contribution in [3.8, 4) is 16.9 Å². The molecule has 0 aromatic heterocycles. The van der Waals surface area contributed by atoms with Crippen molar-refractivity contribution >= 4 is 16.6 Å². The Bertz CT molecular complexity index is 868. The van der Waals surface area contributed by atoms with Gasteiger partial charge in [-0.15, -0.1) is 0 Å². The Kier molecular flexibility index (Phi) is 3.63. The highest BCUT2D eigenvalue weighted by molar-refractivity contribution is 6.04. The summed E-state index contributed by atoms with van der Waals surface area (Å²) in [6.45, 7) is 1.53. The zero-order valence-electron chi connectivity index (χ0n) is 12.4. The lowest BCUT2D eigenvalue weighted by atomic mass is 9.94. The van der Waals surface area contributed by atoms with Gasteiger partial charge in [0.25, 0.3) is 0 Å². The van der Waals surface area contributed by atoms with Gasteiger partial charge in [0.05, 0.1) is 7.11 Å². The summed E-state index contributed by atoms with van der Waals surface area (Å²) in [4.78, 5) is 11.7. The third-order valence-electron chi connectivity index (χ3n) is 3.73. The van der Waals surface area contributed by atoms with E-state index in [-0.39, 0.29) is 11.5 Å². The fraction of sp³-hybridized carbons (Fsp3) is 0.105. The van der Waals surface area contributed by atoms with Crippen molar-refractivity contribution in [2.75, 3.05) is 7.11 Å². The Morgan fingerprint density at radius 3 is 2.50 bits per heavy atom. The molecule has 0 bridgehead atoms. The minimum Gasteiger partial charge on any atom is -0.494 e. The van der Waals surface area contributed by atoms with Crippen LogP contribution in [-0.2, 0) is 0 Å². The normalized spacial score (nSPS) is 10.7. The summed E-state index contributed by atoms with van der Waals surface area (Å²) in [7, 11) is 1.43. The Labute approximate surface area is 128 Å². The SMILES string of the molecule is COc1ccc(-c2cc(C(C)=O)cc3ccccc23)cc1F. The summed E-state index contributed by atoms with van der Waals surface area (Å²) >= 11 is 0. The molecule has 0 N–H and O–H groups in total. The predicted molar refractivity (Wildman–Crippen MR) is 85.9 cm³/mol. The molecule has 0 aliphatic rings. The smallest absolute Gasteiger partial charge is 0.165 e. The van der Waals surface area contributed by atoms with Gasteiger partial charge in [-0.25, -0.2) is 4.39 Å². The maximum Gasteiger partial charge on any atom is 0.165 e. The molecule has 0 atom stereocenters. The number of ether oxygens (including phenoxy) is 1. The van der Waals surface area contributed by atoms with Crippen molar-refractivity contribution in [2.45, 2.75) is 6.92 Å². The van der Waals surface area contributed by atoms with Gasteiger partial charge < -0.3 is 4.74 Å². The molecule has 0 saturated heterocycles. The third kappa shape index (κ3) is 2.46. The largest absolute Gasteiger partial charge is 0.494 e. The monoisotopic (exact) mass is 294 g/mol. The van der Waals surface area contributed by atoms with E-state index in [0.717, 1.165) is 21.9 Å². The van der Waals surface area contributed by atoms with Gasteiger partial charge in [0, 0.05) is 5.56 Å². The molecule has 110 valence electrons. The molecule has 0 heterocycles. The zero-order valence-corrected chi connectivity index (χ0v) is 12.4. The minimum absolute atomic E-state index is 0.0130. The van der Waals surface area contributed by atoms with Gasteiger partial charge in [-0.3, -0.25) is 4.79 Å².